The molecule has 9 heteroatoms. The summed E-state index contributed by atoms with van der Waals surface area (Å²) in [6, 6.07) is 8.01. The van der Waals surface area contributed by atoms with Gasteiger partial charge in [-0.1, -0.05) is 66.5 Å². The van der Waals surface area contributed by atoms with Gasteiger partial charge in [0.25, 0.3) is 0 Å². The van der Waals surface area contributed by atoms with Gasteiger partial charge in [-0.25, -0.2) is 0 Å². The van der Waals surface area contributed by atoms with Crippen molar-refractivity contribution < 1.29 is 24.2 Å². The Labute approximate surface area is 215 Å². The molecule has 0 radical (unpaired) electrons. The fourth-order valence-corrected chi connectivity index (χ4v) is 7.05. The second kappa shape index (κ2) is 10.2. The SMILES string of the molecule is CC[C@H](C)[C@H](CO)N1C(=O)[C@@H]2[C@H](C(=O)NCc3ccccc3)[C@H]3OC2(CC3Br)C1C(=O)NC(C)C. The maximum atomic E-state index is 14.0. The maximum absolute atomic E-state index is 14.0. The number of carbonyl (C=O) groups is 3. The van der Waals surface area contributed by atoms with Gasteiger partial charge >= 0.3 is 0 Å². The lowest BCUT2D eigenvalue weighted by atomic mass is 9.70. The van der Waals surface area contributed by atoms with E-state index in [4.69, 9.17) is 4.74 Å². The molecule has 8 nitrogen and oxygen atoms in total. The molecule has 3 saturated heterocycles. The number of rotatable bonds is 9. The minimum absolute atomic E-state index is 0.0316. The molecule has 0 aliphatic carbocycles. The van der Waals surface area contributed by atoms with Crippen molar-refractivity contribution in [2.45, 2.75) is 81.7 Å². The maximum Gasteiger partial charge on any atom is 0.246 e. The van der Waals surface area contributed by atoms with E-state index in [0.717, 1.165) is 12.0 Å². The van der Waals surface area contributed by atoms with Crippen LogP contribution in [-0.4, -0.2) is 69.0 Å². The van der Waals surface area contributed by atoms with E-state index in [1.807, 2.05) is 58.0 Å². The summed E-state index contributed by atoms with van der Waals surface area (Å²) in [5.41, 5.74) is -0.162. The van der Waals surface area contributed by atoms with Crippen molar-refractivity contribution in [3.63, 3.8) is 0 Å². The Bertz CT molecular complexity index is 960. The fraction of sp³-hybridized carbons (Fsp3) is 0.654. The largest absolute Gasteiger partial charge is 0.394 e. The predicted octanol–water partition coefficient (Wildman–Crippen LogP) is 1.98. The van der Waals surface area contributed by atoms with Crippen LogP contribution < -0.4 is 10.6 Å². The molecule has 3 unspecified atom stereocenters. The predicted molar refractivity (Wildman–Crippen MR) is 134 cm³/mol. The molecule has 1 spiro atoms. The van der Waals surface area contributed by atoms with Gasteiger partial charge in [0, 0.05) is 17.4 Å². The summed E-state index contributed by atoms with van der Waals surface area (Å²) in [7, 11) is 0. The van der Waals surface area contributed by atoms with Crippen LogP contribution in [0, 0.1) is 17.8 Å². The van der Waals surface area contributed by atoms with Crippen molar-refractivity contribution in [1.82, 2.24) is 15.5 Å². The first-order valence-corrected chi connectivity index (χ1v) is 13.4. The lowest BCUT2D eigenvalue weighted by molar-refractivity contribution is -0.147. The molecule has 3 aliphatic rings. The molecule has 3 heterocycles. The molecule has 3 amide bonds. The van der Waals surface area contributed by atoms with Crippen molar-refractivity contribution in [1.29, 1.82) is 0 Å². The number of halogens is 1. The number of nitrogens with one attached hydrogen (secondary N) is 2. The van der Waals surface area contributed by atoms with Gasteiger partial charge in [0.15, 0.2) is 0 Å². The quantitative estimate of drug-likeness (QED) is 0.408. The van der Waals surface area contributed by atoms with Crippen LogP contribution >= 0.6 is 15.9 Å². The van der Waals surface area contributed by atoms with Gasteiger partial charge in [0.05, 0.1) is 30.6 Å². The Morgan fingerprint density at radius 3 is 2.51 bits per heavy atom. The molecule has 3 N–H and O–H groups in total. The number of alkyl halides is 1. The number of fused-ring (bicyclic) bond motifs is 1. The van der Waals surface area contributed by atoms with Gasteiger partial charge in [-0.15, -0.1) is 0 Å². The third-order valence-corrected chi connectivity index (χ3v) is 8.71. The zero-order valence-corrected chi connectivity index (χ0v) is 22.3. The lowest BCUT2D eigenvalue weighted by Crippen LogP contribution is -2.60. The third kappa shape index (κ3) is 4.40. The second-order valence-electron chi connectivity index (χ2n) is 10.4. The van der Waals surface area contributed by atoms with Crippen LogP contribution in [-0.2, 0) is 25.7 Å². The van der Waals surface area contributed by atoms with Crippen molar-refractivity contribution in [3.05, 3.63) is 35.9 Å². The van der Waals surface area contributed by atoms with Crippen LogP contribution in [0.2, 0.25) is 0 Å². The number of ether oxygens (including phenoxy) is 1. The van der Waals surface area contributed by atoms with Gasteiger partial charge in [0.2, 0.25) is 17.7 Å². The normalized spacial score (nSPS) is 33.1. The molecule has 4 rings (SSSR count). The number of carbonyl (C=O) groups excluding carboxylic acids is 3. The standard InChI is InChI=1S/C26H36BrN3O5/c1-5-15(4)18(13-31)30-22(24(33)29-14(2)3)26-11-17(27)21(35-26)19(20(26)25(30)34)23(32)28-12-16-9-7-6-8-10-16/h6-10,14-15,17-22,31H,5,11-13H2,1-4H3,(H,28,32)(H,29,33)/t15-,17?,18-,19-,20-,21-,22?,26?/m0/s1. The van der Waals surface area contributed by atoms with Crippen LogP contribution in [0.4, 0.5) is 0 Å². The van der Waals surface area contributed by atoms with E-state index in [1.54, 1.807) is 0 Å². The number of aliphatic hydroxyl groups excluding tert-OH is 1. The van der Waals surface area contributed by atoms with E-state index < -0.39 is 35.6 Å². The molecule has 3 fully saturated rings. The Hall–Kier alpha value is -1.97. The summed E-state index contributed by atoms with van der Waals surface area (Å²) in [5.74, 6) is -2.37. The van der Waals surface area contributed by atoms with Gasteiger partial charge in [-0.2, -0.15) is 0 Å². The first-order valence-electron chi connectivity index (χ1n) is 12.5. The summed E-state index contributed by atoms with van der Waals surface area (Å²) in [6.07, 6.45) is 0.672. The molecule has 35 heavy (non-hydrogen) atoms. The zero-order valence-electron chi connectivity index (χ0n) is 20.7. The van der Waals surface area contributed by atoms with Crippen molar-refractivity contribution in [3.8, 4) is 0 Å². The molecule has 1 aromatic rings. The second-order valence-corrected chi connectivity index (χ2v) is 11.6. The Kier molecular flexibility index (Phi) is 7.60. The molecule has 3 aliphatic heterocycles. The smallest absolute Gasteiger partial charge is 0.246 e. The fourth-order valence-electron chi connectivity index (χ4n) is 6.10. The number of benzene rings is 1. The highest BCUT2D eigenvalue weighted by molar-refractivity contribution is 9.09. The van der Waals surface area contributed by atoms with Gasteiger partial charge < -0.3 is 25.4 Å². The first kappa shape index (κ1) is 26.1. The van der Waals surface area contributed by atoms with Crippen LogP contribution in [0.1, 0.15) is 46.1 Å². The monoisotopic (exact) mass is 549 g/mol. The van der Waals surface area contributed by atoms with Gasteiger partial charge in [-0.05, 0) is 31.7 Å². The van der Waals surface area contributed by atoms with Crippen molar-refractivity contribution in [2.75, 3.05) is 6.61 Å². The molecular weight excluding hydrogens is 514 g/mol. The topological polar surface area (TPSA) is 108 Å². The first-order chi connectivity index (χ1) is 16.7. The number of aliphatic hydroxyl groups is 1. The lowest BCUT2D eigenvalue weighted by Gasteiger charge is -2.39. The van der Waals surface area contributed by atoms with E-state index in [-0.39, 0.29) is 41.1 Å². The highest BCUT2D eigenvalue weighted by Crippen LogP contribution is 2.60. The molecule has 8 atom stereocenters. The van der Waals surface area contributed by atoms with Crippen LogP contribution in [0.25, 0.3) is 0 Å². The number of amides is 3. The third-order valence-electron chi connectivity index (χ3n) is 7.86. The van der Waals surface area contributed by atoms with E-state index in [2.05, 4.69) is 26.6 Å². The summed E-state index contributed by atoms with van der Waals surface area (Å²) in [4.78, 5) is 42.5. The van der Waals surface area contributed by atoms with Crippen molar-refractivity contribution in [2.24, 2.45) is 17.8 Å². The van der Waals surface area contributed by atoms with E-state index in [0.29, 0.717) is 13.0 Å². The molecule has 2 bridgehead atoms. The average Bonchev–Trinajstić information content (AvgIpc) is 3.42. The number of likely N-dealkylation sites (tertiary alicyclic amines) is 1. The molecule has 0 aromatic heterocycles. The van der Waals surface area contributed by atoms with E-state index in [9.17, 15) is 19.5 Å². The van der Waals surface area contributed by atoms with E-state index >= 15 is 0 Å². The Morgan fingerprint density at radius 1 is 1.23 bits per heavy atom. The minimum Gasteiger partial charge on any atom is -0.394 e. The van der Waals surface area contributed by atoms with Crippen molar-refractivity contribution >= 4 is 33.7 Å². The van der Waals surface area contributed by atoms with Crippen LogP contribution in [0.3, 0.4) is 0 Å². The summed E-state index contributed by atoms with van der Waals surface area (Å²) < 4.78 is 6.49. The molecular formula is C26H36BrN3O5. The highest BCUT2D eigenvalue weighted by Gasteiger charge is 2.77. The van der Waals surface area contributed by atoms with Gasteiger partial charge in [-0.3, -0.25) is 14.4 Å². The molecule has 192 valence electrons. The highest BCUT2D eigenvalue weighted by atomic mass is 79.9. The van der Waals surface area contributed by atoms with E-state index in [1.165, 1.54) is 4.90 Å². The van der Waals surface area contributed by atoms with Crippen LogP contribution in [0.15, 0.2) is 30.3 Å². The number of hydrogen-bond donors (Lipinski definition) is 3. The zero-order chi connectivity index (χ0) is 25.5. The summed E-state index contributed by atoms with van der Waals surface area (Å²) in [6.45, 7) is 7.77. The summed E-state index contributed by atoms with van der Waals surface area (Å²) >= 11 is 3.68. The average molecular weight is 550 g/mol. The summed E-state index contributed by atoms with van der Waals surface area (Å²) in [5, 5.41) is 16.2. The Morgan fingerprint density at radius 2 is 1.91 bits per heavy atom. The van der Waals surface area contributed by atoms with Crippen LogP contribution in [0.5, 0.6) is 0 Å². The number of hydrogen-bond acceptors (Lipinski definition) is 5. The minimum atomic E-state index is -1.12. The number of nitrogens with zero attached hydrogens (tertiary/aromatic N) is 1. The molecule has 0 saturated carbocycles. The van der Waals surface area contributed by atoms with Gasteiger partial charge in [0.1, 0.15) is 11.6 Å². The molecule has 1 aromatic carbocycles. The Balaban J connectivity index is 1.70.